The molecule has 4 heteroatoms. The Morgan fingerprint density at radius 2 is 0.972 bits per heavy atom. The van der Waals surface area contributed by atoms with Gasteiger partial charge < -0.3 is 19.0 Å². The van der Waals surface area contributed by atoms with Gasteiger partial charge in [-0.25, -0.2) is 0 Å². The number of rotatable bonds is 8. The predicted molar refractivity (Wildman–Crippen MR) is 302 cm³/mol. The van der Waals surface area contributed by atoms with Crippen molar-refractivity contribution < 1.29 is 9.15 Å². The SMILES string of the molecule is Cc1ccc(C2=CC=CC3c4cccc(N(c5ccccc5)c5ccc6ccc7c(N(c8ccccc8)c8cccc9c8oc8c(-c%10ccc(C)cc%10C)cccc89)ccc8ccc5c6c87)c4OC23)c(C)c1. The third-order valence-corrected chi connectivity index (χ3v) is 15.3. The van der Waals surface area contributed by atoms with Gasteiger partial charge in [0, 0.05) is 55.5 Å². The van der Waals surface area contributed by atoms with Crippen LogP contribution in [0.5, 0.6) is 5.75 Å². The average Bonchev–Trinajstić information content (AvgIpc) is 4.00. The van der Waals surface area contributed by atoms with Gasteiger partial charge in [-0.2, -0.15) is 0 Å². The number of allylic oxidation sites excluding steroid dienone is 2. The molecule has 0 fully saturated rings. The van der Waals surface area contributed by atoms with Crippen LogP contribution in [0.2, 0.25) is 0 Å². The summed E-state index contributed by atoms with van der Waals surface area (Å²) in [5.41, 5.74) is 19.0. The van der Waals surface area contributed by atoms with Gasteiger partial charge >= 0.3 is 0 Å². The Labute approximate surface area is 419 Å². The molecule has 0 saturated carbocycles. The van der Waals surface area contributed by atoms with E-state index >= 15 is 0 Å². The maximum Gasteiger partial charge on any atom is 0.159 e. The second-order valence-corrected chi connectivity index (χ2v) is 19.8. The van der Waals surface area contributed by atoms with Crippen LogP contribution >= 0.6 is 0 Å². The molecule has 0 bridgehead atoms. The van der Waals surface area contributed by atoms with Crippen molar-refractivity contribution in [3.63, 3.8) is 0 Å². The fourth-order valence-corrected chi connectivity index (χ4v) is 12.1. The molecule has 2 heterocycles. The van der Waals surface area contributed by atoms with Crippen LogP contribution in [0.15, 0.2) is 223 Å². The van der Waals surface area contributed by atoms with Crippen molar-refractivity contribution in [2.45, 2.75) is 39.7 Å². The van der Waals surface area contributed by atoms with Crippen LogP contribution in [0.4, 0.5) is 34.1 Å². The molecule has 0 saturated heterocycles. The Morgan fingerprint density at radius 1 is 0.417 bits per heavy atom. The lowest BCUT2D eigenvalue weighted by atomic mass is 9.83. The first-order valence-corrected chi connectivity index (χ1v) is 25.1. The molecule has 1 aromatic heterocycles. The minimum Gasteiger partial charge on any atom is -0.482 e. The van der Waals surface area contributed by atoms with Crippen LogP contribution in [-0.4, -0.2) is 6.10 Å². The van der Waals surface area contributed by atoms with E-state index in [9.17, 15) is 0 Å². The fraction of sp³-hybridized carbons (Fsp3) is 0.0882. The summed E-state index contributed by atoms with van der Waals surface area (Å²) in [5, 5.41) is 9.34. The molecule has 344 valence electrons. The lowest BCUT2D eigenvalue weighted by Gasteiger charge is -2.30. The predicted octanol–water partition coefficient (Wildman–Crippen LogP) is 18.8. The van der Waals surface area contributed by atoms with Crippen LogP contribution < -0.4 is 14.5 Å². The standard InChI is InChI=1S/C68H50N2O2/c1-41-27-33-49(43(3)39-41)51-19-11-21-53-55-23-13-25-61(67(55)71-65(51)53)69(47-15-7-5-8-16-47)59-37-31-45-30-36-58-60(38-32-46-29-35-57(59)63(45)64(46)58)70(48-17-9-6-10-18-48)62-26-14-24-56-54-22-12-20-52(66(54)72-68(56)62)50-34-28-42(2)40-44(50)4/h5-40,53,65H,1-4H3. The molecule has 2 unspecified atom stereocenters. The minimum absolute atomic E-state index is 0.0930. The number of anilines is 6. The number of benzene rings is 11. The van der Waals surface area contributed by atoms with Gasteiger partial charge in [-0.05, 0) is 120 Å². The summed E-state index contributed by atoms with van der Waals surface area (Å²) in [6.07, 6.45) is 6.63. The highest BCUT2D eigenvalue weighted by atomic mass is 16.5. The number of ether oxygens (including phenoxy) is 1. The van der Waals surface area contributed by atoms with Gasteiger partial charge in [0.15, 0.2) is 5.58 Å². The molecular weight excluding hydrogens is 877 g/mol. The molecule has 72 heavy (non-hydrogen) atoms. The maximum atomic E-state index is 7.28. The molecule has 4 nitrogen and oxygen atoms in total. The monoisotopic (exact) mass is 926 g/mol. The van der Waals surface area contributed by atoms with Gasteiger partial charge in [-0.1, -0.05) is 181 Å². The Balaban J connectivity index is 0.955. The smallest absolute Gasteiger partial charge is 0.159 e. The Hall–Kier alpha value is -8.86. The summed E-state index contributed by atoms with van der Waals surface area (Å²) in [6, 6.07) is 73.1. The van der Waals surface area contributed by atoms with Crippen LogP contribution in [0.3, 0.4) is 0 Å². The number of hydrogen-bond acceptors (Lipinski definition) is 4. The highest BCUT2D eigenvalue weighted by Gasteiger charge is 2.40. The van der Waals surface area contributed by atoms with E-state index in [2.05, 4.69) is 256 Å². The first kappa shape index (κ1) is 42.1. The first-order valence-electron chi connectivity index (χ1n) is 25.1. The summed E-state index contributed by atoms with van der Waals surface area (Å²) in [6.45, 7) is 8.70. The second-order valence-electron chi connectivity index (χ2n) is 19.8. The molecule has 14 rings (SSSR count). The summed E-state index contributed by atoms with van der Waals surface area (Å²) in [4.78, 5) is 4.81. The first-order chi connectivity index (χ1) is 35.4. The van der Waals surface area contributed by atoms with E-state index in [1.807, 2.05) is 0 Å². The van der Waals surface area contributed by atoms with Gasteiger partial charge in [-0.15, -0.1) is 0 Å². The van der Waals surface area contributed by atoms with Crippen LogP contribution in [-0.2, 0) is 0 Å². The summed E-state index contributed by atoms with van der Waals surface area (Å²) < 4.78 is 14.4. The zero-order valence-corrected chi connectivity index (χ0v) is 40.7. The van der Waals surface area contributed by atoms with E-state index in [0.29, 0.717) is 0 Å². The maximum absolute atomic E-state index is 7.28. The van der Waals surface area contributed by atoms with E-state index in [1.165, 1.54) is 71.4 Å². The fourth-order valence-electron chi connectivity index (χ4n) is 12.1. The van der Waals surface area contributed by atoms with Gasteiger partial charge in [0.1, 0.15) is 17.4 Å². The van der Waals surface area contributed by atoms with Crippen molar-refractivity contribution in [3.05, 3.63) is 252 Å². The number of nitrogens with zero attached hydrogens (tertiary/aromatic N) is 2. The van der Waals surface area contributed by atoms with Crippen molar-refractivity contribution in [3.8, 4) is 16.9 Å². The van der Waals surface area contributed by atoms with Crippen molar-refractivity contribution in [2.24, 2.45) is 0 Å². The van der Waals surface area contributed by atoms with E-state index in [1.54, 1.807) is 0 Å². The van der Waals surface area contributed by atoms with Crippen molar-refractivity contribution >= 4 is 94.0 Å². The van der Waals surface area contributed by atoms with E-state index in [0.717, 1.165) is 72.8 Å². The number of fused-ring (bicyclic) bond motifs is 6. The topological polar surface area (TPSA) is 28.9 Å². The average molecular weight is 927 g/mol. The minimum atomic E-state index is -0.137. The largest absolute Gasteiger partial charge is 0.482 e. The number of furan rings is 1. The molecule has 0 spiro atoms. The zero-order chi connectivity index (χ0) is 48.2. The van der Waals surface area contributed by atoms with Gasteiger partial charge in [0.2, 0.25) is 0 Å². The molecule has 12 aromatic rings. The lowest BCUT2D eigenvalue weighted by molar-refractivity contribution is 0.279. The molecule has 0 amide bonds. The summed E-state index contributed by atoms with van der Waals surface area (Å²) in [7, 11) is 0. The Kier molecular flexibility index (Phi) is 9.56. The van der Waals surface area contributed by atoms with Crippen LogP contribution in [0, 0.1) is 27.7 Å². The summed E-state index contributed by atoms with van der Waals surface area (Å²) in [5.74, 6) is 1.02. The number of para-hydroxylation sites is 5. The third kappa shape index (κ3) is 6.45. The normalized spacial score (nSPS) is 15.1. The molecular formula is C68H50N2O2. The third-order valence-electron chi connectivity index (χ3n) is 15.3. The van der Waals surface area contributed by atoms with E-state index in [4.69, 9.17) is 9.15 Å². The highest BCUT2D eigenvalue weighted by Crippen LogP contribution is 2.55. The van der Waals surface area contributed by atoms with E-state index < -0.39 is 0 Å². The van der Waals surface area contributed by atoms with Crippen molar-refractivity contribution in [1.29, 1.82) is 0 Å². The Bertz CT molecular complexity index is 4200. The summed E-state index contributed by atoms with van der Waals surface area (Å²) >= 11 is 0. The molecule has 2 atom stereocenters. The van der Waals surface area contributed by atoms with Crippen molar-refractivity contribution in [1.82, 2.24) is 0 Å². The quantitative estimate of drug-likeness (QED) is 0.142. The zero-order valence-electron chi connectivity index (χ0n) is 40.7. The highest BCUT2D eigenvalue weighted by molar-refractivity contribution is 6.28. The van der Waals surface area contributed by atoms with Gasteiger partial charge in [0.25, 0.3) is 0 Å². The van der Waals surface area contributed by atoms with Crippen molar-refractivity contribution in [2.75, 3.05) is 9.80 Å². The molecule has 2 aliphatic rings. The molecule has 0 N–H and O–H groups in total. The van der Waals surface area contributed by atoms with Gasteiger partial charge in [0.05, 0.1) is 22.7 Å². The van der Waals surface area contributed by atoms with Crippen LogP contribution in [0.1, 0.15) is 39.3 Å². The van der Waals surface area contributed by atoms with Crippen LogP contribution in [0.25, 0.3) is 71.0 Å². The second kappa shape index (κ2) is 16.4. The van der Waals surface area contributed by atoms with Gasteiger partial charge in [-0.3, -0.25) is 0 Å². The number of hydrogen-bond donors (Lipinski definition) is 0. The lowest BCUT2D eigenvalue weighted by Crippen LogP contribution is -2.22. The molecule has 1 aliphatic carbocycles. The van der Waals surface area contributed by atoms with E-state index in [-0.39, 0.29) is 12.0 Å². The Morgan fingerprint density at radius 3 is 1.61 bits per heavy atom. The molecule has 11 aromatic carbocycles. The molecule has 1 aliphatic heterocycles. The number of aryl methyl sites for hydroxylation is 4. The molecule has 0 radical (unpaired) electrons.